The molecule has 0 spiro atoms. The molecular formula is C21H37N5O. The van der Waals surface area contributed by atoms with Crippen LogP contribution in [0.4, 0.5) is 0 Å². The maximum Gasteiger partial charge on any atom is 0.236 e. The number of piperidine rings is 1. The SMILES string of the molecule is CN(C)CCCn1ccnc1[C@H]1CCCN(C(=O)CN2CCCCCC2)C1. The van der Waals surface area contributed by atoms with Crippen LogP contribution in [0.2, 0.25) is 0 Å². The number of rotatable bonds is 7. The van der Waals surface area contributed by atoms with Gasteiger partial charge in [0.2, 0.25) is 5.91 Å². The highest BCUT2D eigenvalue weighted by Crippen LogP contribution is 2.26. The van der Waals surface area contributed by atoms with Crippen molar-refractivity contribution in [1.82, 2.24) is 24.3 Å². The summed E-state index contributed by atoms with van der Waals surface area (Å²) in [5, 5.41) is 0. The van der Waals surface area contributed by atoms with Gasteiger partial charge < -0.3 is 14.4 Å². The average molecular weight is 376 g/mol. The Morgan fingerprint density at radius 3 is 2.67 bits per heavy atom. The highest BCUT2D eigenvalue weighted by Gasteiger charge is 2.28. The van der Waals surface area contributed by atoms with Crippen molar-refractivity contribution in [3.05, 3.63) is 18.2 Å². The molecule has 3 rings (SSSR count). The lowest BCUT2D eigenvalue weighted by Gasteiger charge is -2.34. The van der Waals surface area contributed by atoms with Crippen LogP contribution in [-0.4, -0.2) is 83.5 Å². The van der Waals surface area contributed by atoms with Gasteiger partial charge in [-0.1, -0.05) is 12.8 Å². The van der Waals surface area contributed by atoms with Gasteiger partial charge in [0, 0.05) is 37.9 Å². The molecule has 3 heterocycles. The lowest BCUT2D eigenvalue weighted by molar-refractivity contribution is -0.133. The predicted octanol–water partition coefficient (Wildman–Crippen LogP) is 2.42. The van der Waals surface area contributed by atoms with E-state index in [1.807, 2.05) is 6.20 Å². The summed E-state index contributed by atoms with van der Waals surface area (Å²) in [5.74, 6) is 1.86. The Balaban J connectivity index is 1.54. The van der Waals surface area contributed by atoms with Gasteiger partial charge in [-0.05, 0) is 65.8 Å². The molecule has 1 aromatic rings. The van der Waals surface area contributed by atoms with E-state index in [9.17, 15) is 4.79 Å². The number of aryl methyl sites for hydroxylation is 1. The van der Waals surface area contributed by atoms with Crippen LogP contribution in [0.25, 0.3) is 0 Å². The quantitative estimate of drug-likeness (QED) is 0.734. The zero-order chi connectivity index (χ0) is 19.1. The van der Waals surface area contributed by atoms with Crippen LogP contribution in [0.1, 0.15) is 56.7 Å². The Morgan fingerprint density at radius 1 is 1.15 bits per heavy atom. The third-order valence-electron chi connectivity index (χ3n) is 5.95. The van der Waals surface area contributed by atoms with Crippen molar-refractivity contribution in [1.29, 1.82) is 0 Å². The number of likely N-dealkylation sites (tertiary alicyclic amines) is 2. The lowest BCUT2D eigenvalue weighted by atomic mass is 9.97. The maximum atomic E-state index is 12.9. The van der Waals surface area contributed by atoms with Crippen LogP contribution >= 0.6 is 0 Å². The fourth-order valence-electron chi connectivity index (χ4n) is 4.43. The first-order valence-electron chi connectivity index (χ1n) is 10.8. The van der Waals surface area contributed by atoms with Crippen molar-refractivity contribution < 1.29 is 4.79 Å². The summed E-state index contributed by atoms with van der Waals surface area (Å²) in [6, 6.07) is 0. The lowest BCUT2D eigenvalue weighted by Crippen LogP contribution is -2.45. The van der Waals surface area contributed by atoms with Crippen molar-refractivity contribution in [2.45, 2.75) is 57.4 Å². The molecule has 0 unspecified atom stereocenters. The van der Waals surface area contributed by atoms with E-state index in [0.717, 1.165) is 58.5 Å². The third kappa shape index (κ3) is 6.04. The highest BCUT2D eigenvalue weighted by atomic mass is 16.2. The molecule has 2 saturated heterocycles. The summed E-state index contributed by atoms with van der Waals surface area (Å²) in [4.78, 5) is 24.2. The highest BCUT2D eigenvalue weighted by molar-refractivity contribution is 5.78. The summed E-state index contributed by atoms with van der Waals surface area (Å²) in [6.07, 6.45) is 12.5. The van der Waals surface area contributed by atoms with E-state index in [0.29, 0.717) is 18.4 Å². The van der Waals surface area contributed by atoms with E-state index in [2.05, 4.69) is 44.5 Å². The van der Waals surface area contributed by atoms with Gasteiger partial charge in [0.05, 0.1) is 6.54 Å². The van der Waals surface area contributed by atoms with Crippen molar-refractivity contribution in [2.24, 2.45) is 0 Å². The van der Waals surface area contributed by atoms with Gasteiger partial charge >= 0.3 is 0 Å². The number of hydrogen-bond acceptors (Lipinski definition) is 4. The van der Waals surface area contributed by atoms with Crippen LogP contribution < -0.4 is 0 Å². The number of amides is 1. The van der Waals surface area contributed by atoms with Crippen LogP contribution in [0, 0.1) is 0 Å². The molecule has 0 aromatic carbocycles. The number of carbonyl (C=O) groups excluding carboxylic acids is 1. The Hall–Kier alpha value is -1.40. The minimum atomic E-state index is 0.312. The van der Waals surface area contributed by atoms with Gasteiger partial charge in [-0.2, -0.15) is 0 Å². The first-order valence-corrected chi connectivity index (χ1v) is 10.8. The average Bonchev–Trinajstić information content (AvgIpc) is 2.97. The van der Waals surface area contributed by atoms with Gasteiger partial charge in [-0.15, -0.1) is 0 Å². The zero-order valence-electron chi connectivity index (χ0n) is 17.3. The topological polar surface area (TPSA) is 44.6 Å². The molecule has 0 bridgehead atoms. The Bertz CT molecular complexity index is 577. The minimum Gasteiger partial charge on any atom is -0.341 e. The van der Waals surface area contributed by atoms with Crippen LogP contribution in [0.3, 0.4) is 0 Å². The van der Waals surface area contributed by atoms with Gasteiger partial charge in [-0.3, -0.25) is 9.69 Å². The second-order valence-electron chi connectivity index (χ2n) is 8.50. The van der Waals surface area contributed by atoms with Crippen molar-refractivity contribution in [3.63, 3.8) is 0 Å². The number of hydrogen-bond donors (Lipinski definition) is 0. The predicted molar refractivity (Wildman–Crippen MR) is 109 cm³/mol. The van der Waals surface area contributed by atoms with E-state index < -0.39 is 0 Å². The smallest absolute Gasteiger partial charge is 0.236 e. The molecule has 0 N–H and O–H groups in total. The van der Waals surface area contributed by atoms with Crippen LogP contribution in [-0.2, 0) is 11.3 Å². The van der Waals surface area contributed by atoms with Crippen molar-refractivity contribution in [2.75, 3.05) is 53.4 Å². The van der Waals surface area contributed by atoms with E-state index in [1.165, 1.54) is 31.5 Å². The summed E-state index contributed by atoms with van der Waals surface area (Å²) >= 11 is 0. The third-order valence-corrected chi connectivity index (χ3v) is 5.95. The van der Waals surface area contributed by atoms with E-state index >= 15 is 0 Å². The largest absolute Gasteiger partial charge is 0.341 e. The summed E-state index contributed by atoms with van der Waals surface area (Å²) < 4.78 is 2.30. The fourth-order valence-corrected chi connectivity index (χ4v) is 4.43. The van der Waals surface area contributed by atoms with Crippen molar-refractivity contribution in [3.8, 4) is 0 Å². The molecule has 2 aliphatic rings. The van der Waals surface area contributed by atoms with Gasteiger partial charge in [0.1, 0.15) is 5.82 Å². The molecule has 6 heteroatoms. The number of imidazole rings is 1. The summed E-state index contributed by atoms with van der Waals surface area (Å²) in [7, 11) is 4.23. The van der Waals surface area contributed by atoms with Crippen LogP contribution in [0.15, 0.2) is 12.4 Å². The van der Waals surface area contributed by atoms with E-state index in [-0.39, 0.29) is 0 Å². The molecule has 2 fully saturated rings. The van der Waals surface area contributed by atoms with Gasteiger partial charge in [0.15, 0.2) is 0 Å². The molecule has 0 radical (unpaired) electrons. The molecule has 1 amide bonds. The molecule has 2 aliphatic heterocycles. The zero-order valence-corrected chi connectivity index (χ0v) is 17.3. The van der Waals surface area contributed by atoms with E-state index in [4.69, 9.17) is 0 Å². The molecule has 0 saturated carbocycles. The standard InChI is InChI=1S/C21H37N5O/c1-23(2)11-8-15-25-16-10-22-21(25)19-9-7-14-26(17-19)20(27)18-24-12-5-3-4-6-13-24/h10,16,19H,3-9,11-15,17-18H2,1-2H3/t19-/m0/s1. The number of carbonyl (C=O) groups is 1. The van der Waals surface area contributed by atoms with Crippen molar-refractivity contribution >= 4 is 5.91 Å². The molecular weight excluding hydrogens is 338 g/mol. The summed E-state index contributed by atoms with van der Waals surface area (Å²) in [6.45, 7) is 6.60. The Kier molecular flexibility index (Phi) is 7.70. The molecule has 0 aliphatic carbocycles. The van der Waals surface area contributed by atoms with E-state index in [1.54, 1.807) is 0 Å². The number of nitrogens with zero attached hydrogens (tertiary/aromatic N) is 5. The second-order valence-corrected chi connectivity index (χ2v) is 8.50. The molecule has 1 aromatic heterocycles. The van der Waals surface area contributed by atoms with Gasteiger partial charge in [-0.25, -0.2) is 4.98 Å². The first kappa shape index (κ1) is 20.3. The Labute approximate surface area is 164 Å². The Morgan fingerprint density at radius 2 is 1.93 bits per heavy atom. The molecule has 6 nitrogen and oxygen atoms in total. The minimum absolute atomic E-state index is 0.312. The summed E-state index contributed by atoms with van der Waals surface area (Å²) in [5.41, 5.74) is 0. The normalized spacial score (nSPS) is 22.2. The van der Waals surface area contributed by atoms with Gasteiger partial charge in [0.25, 0.3) is 0 Å². The first-order chi connectivity index (χ1) is 13.1. The second kappa shape index (κ2) is 10.2. The fraction of sp³-hybridized carbons (Fsp3) is 0.810. The molecule has 1 atom stereocenters. The monoisotopic (exact) mass is 375 g/mol. The van der Waals surface area contributed by atoms with Crippen LogP contribution in [0.5, 0.6) is 0 Å². The molecule has 152 valence electrons. The molecule has 27 heavy (non-hydrogen) atoms. The maximum absolute atomic E-state index is 12.9. The number of aromatic nitrogens is 2.